The molecule has 0 bridgehead atoms. The van der Waals surface area contributed by atoms with Crippen molar-refractivity contribution in [2.24, 2.45) is 0 Å². The maximum Gasteiger partial charge on any atom is 0.336 e. The van der Waals surface area contributed by atoms with Gasteiger partial charge >= 0.3 is 5.97 Å². The molecule has 0 saturated heterocycles. The number of nitrogens with zero attached hydrogens (tertiary/aromatic N) is 2. The van der Waals surface area contributed by atoms with Crippen LogP contribution >= 0.6 is 11.6 Å². The average molecular weight is 345 g/mol. The molecular formula is C19H21ClN2O2. The monoisotopic (exact) mass is 344 g/mol. The Kier molecular flexibility index (Phi) is 6.53. The van der Waals surface area contributed by atoms with Crippen LogP contribution in [0, 0.1) is 0 Å². The summed E-state index contributed by atoms with van der Waals surface area (Å²) in [7, 11) is 4.07. The number of rotatable bonds is 7. The predicted molar refractivity (Wildman–Crippen MR) is 96.5 cm³/mol. The number of halogens is 1. The first-order chi connectivity index (χ1) is 11.5. The number of hydrogen-bond acceptors (Lipinski definition) is 4. The van der Waals surface area contributed by atoms with Crippen LogP contribution in [0.5, 0.6) is 5.88 Å². The number of carbonyl (C=O) groups is 1. The molecule has 0 aliphatic carbocycles. The SMILES string of the molecule is C=CC(=O)Oc1cccc(C(CCN(C)C)c2ccc(Cl)cc2)n1. The molecule has 5 heteroatoms. The van der Waals surface area contributed by atoms with Crippen LogP contribution in [-0.4, -0.2) is 36.5 Å². The highest BCUT2D eigenvalue weighted by molar-refractivity contribution is 6.30. The van der Waals surface area contributed by atoms with Crippen molar-refractivity contribution in [3.05, 3.63) is 71.4 Å². The largest absolute Gasteiger partial charge is 0.404 e. The Balaban J connectivity index is 2.32. The van der Waals surface area contributed by atoms with Gasteiger partial charge < -0.3 is 9.64 Å². The number of pyridine rings is 1. The summed E-state index contributed by atoms with van der Waals surface area (Å²) in [6.07, 6.45) is 2.01. The Morgan fingerprint density at radius 2 is 2.00 bits per heavy atom. The van der Waals surface area contributed by atoms with E-state index in [-0.39, 0.29) is 11.8 Å². The van der Waals surface area contributed by atoms with Crippen LogP contribution in [-0.2, 0) is 4.79 Å². The van der Waals surface area contributed by atoms with Crippen LogP contribution in [0.4, 0.5) is 0 Å². The van der Waals surface area contributed by atoms with E-state index in [2.05, 4.69) is 16.5 Å². The van der Waals surface area contributed by atoms with Crippen LogP contribution in [0.25, 0.3) is 0 Å². The summed E-state index contributed by atoms with van der Waals surface area (Å²) in [5.74, 6) is -0.149. The first kappa shape index (κ1) is 18.2. The normalized spacial score (nSPS) is 12.0. The van der Waals surface area contributed by atoms with Crippen molar-refractivity contribution in [1.29, 1.82) is 0 Å². The highest BCUT2D eigenvalue weighted by Crippen LogP contribution is 2.29. The van der Waals surface area contributed by atoms with E-state index in [1.165, 1.54) is 0 Å². The van der Waals surface area contributed by atoms with Crippen LogP contribution < -0.4 is 4.74 Å². The predicted octanol–water partition coefficient (Wildman–Crippen LogP) is 3.91. The van der Waals surface area contributed by atoms with Crippen molar-refractivity contribution in [2.75, 3.05) is 20.6 Å². The van der Waals surface area contributed by atoms with Crippen molar-refractivity contribution in [1.82, 2.24) is 9.88 Å². The summed E-state index contributed by atoms with van der Waals surface area (Å²) in [5, 5.41) is 0.701. The van der Waals surface area contributed by atoms with E-state index < -0.39 is 5.97 Å². The fourth-order valence-electron chi connectivity index (χ4n) is 2.39. The summed E-state index contributed by atoms with van der Waals surface area (Å²) >= 11 is 6.00. The third kappa shape index (κ3) is 5.18. The molecule has 1 aromatic carbocycles. The number of carbonyl (C=O) groups excluding carboxylic acids is 1. The Morgan fingerprint density at radius 1 is 1.29 bits per heavy atom. The second kappa shape index (κ2) is 8.62. The minimum Gasteiger partial charge on any atom is -0.404 e. The molecule has 0 aliphatic heterocycles. The third-order valence-corrected chi connectivity index (χ3v) is 3.86. The molecule has 1 atom stereocenters. The molecule has 2 rings (SSSR count). The number of benzene rings is 1. The van der Waals surface area contributed by atoms with Gasteiger partial charge in [-0.1, -0.05) is 36.4 Å². The topological polar surface area (TPSA) is 42.4 Å². The molecule has 2 aromatic rings. The Bertz CT molecular complexity index is 699. The van der Waals surface area contributed by atoms with E-state index >= 15 is 0 Å². The van der Waals surface area contributed by atoms with Crippen molar-refractivity contribution in [3.63, 3.8) is 0 Å². The highest BCUT2D eigenvalue weighted by atomic mass is 35.5. The second-order valence-corrected chi connectivity index (χ2v) is 6.16. The van der Waals surface area contributed by atoms with Gasteiger partial charge in [0.15, 0.2) is 0 Å². The van der Waals surface area contributed by atoms with Gasteiger partial charge in [-0.05, 0) is 50.8 Å². The zero-order chi connectivity index (χ0) is 17.5. The van der Waals surface area contributed by atoms with E-state index in [9.17, 15) is 4.79 Å². The van der Waals surface area contributed by atoms with E-state index in [1.807, 2.05) is 50.5 Å². The molecular weight excluding hydrogens is 324 g/mol. The van der Waals surface area contributed by atoms with Crippen LogP contribution in [0.1, 0.15) is 23.6 Å². The summed E-state index contributed by atoms with van der Waals surface area (Å²) in [5.41, 5.74) is 1.98. The van der Waals surface area contributed by atoms with Gasteiger partial charge in [0.05, 0.1) is 5.69 Å². The zero-order valence-corrected chi connectivity index (χ0v) is 14.7. The number of aromatic nitrogens is 1. The molecule has 24 heavy (non-hydrogen) atoms. The van der Waals surface area contributed by atoms with E-state index in [0.29, 0.717) is 5.02 Å². The minimum atomic E-state index is -0.518. The molecule has 0 fully saturated rings. The van der Waals surface area contributed by atoms with E-state index in [4.69, 9.17) is 16.3 Å². The number of hydrogen-bond donors (Lipinski definition) is 0. The maximum atomic E-state index is 11.4. The van der Waals surface area contributed by atoms with Gasteiger partial charge in [0.2, 0.25) is 5.88 Å². The average Bonchev–Trinajstić information content (AvgIpc) is 2.56. The van der Waals surface area contributed by atoms with Crippen molar-refractivity contribution < 1.29 is 9.53 Å². The Labute approximate surface area is 147 Å². The van der Waals surface area contributed by atoms with E-state index in [0.717, 1.165) is 30.3 Å². The lowest BCUT2D eigenvalue weighted by Crippen LogP contribution is -2.17. The molecule has 0 N–H and O–H groups in total. The van der Waals surface area contributed by atoms with Gasteiger partial charge in [-0.25, -0.2) is 9.78 Å². The zero-order valence-electron chi connectivity index (χ0n) is 13.9. The summed E-state index contributed by atoms with van der Waals surface area (Å²) < 4.78 is 5.14. The molecule has 0 saturated carbocycles. The molecule has 1 aromatic heterocycles. The summed E-state index contributed by atoms with van der Waals surface area (Å²) in [6.45, 7) is 4.31. The smallest absolute Gasteiger partial charge is 0.336 e. The van der Waals surface area contributed by atoms with Crippen molar-refractivity contribution >= 4 is 17.6 Å². The molecule has 0 spiro atoms. The lowest BCUT2D eigenvalue weighted by atomic mass is 9.92. The van der Waals surface area contributed by atoms with Gasteiger partial charge in [-0.15, -0.1) is 0 Å². The molecule has 4 nitrogen and oxygen atoms in total. The molecule has 1 unspecified atom stereocenters. The number of esters is 1. The third-order valence-electron chi connectivity index (χ3n) is 3.61. The summed E-state index contributed by atoms with van der Waals surface area (Å²) in [6, 6.07) is 13.2. The molecule has 126 valence electrons. The van der Waals surface area contributed by atoms with Crippen LogP contribution in [0.15, 0.2) is 55.1 Å². The number of ether oxygens (including phenoxy) is 1. The second-order valence-electron chi connectivity index (χ2n) is 5.72. The first-order valence-corrected chi connectivity index (χ1v) is 8.09. The van der Waals surface area contributed by atoms with Crippen LogP contribution in [0.2, 0.25) is 5.02 Å². The first-order valence-electron chi connectivity index (χ1n) is 7.71. The van der Waals surface area contributed by atoms with Gasteiger partial charge in [-0.3, -0.25) is 0 Å². The lowest BCUT2D eigenvalue weighted by molar-refractivity contribution is -0.129. The minimum absolute atomic E-state index is 0.0899. The standard InChI is InChI=1S/C19H21ClN2O2/c1-4-19(23)24-18-7-5-6-17(21-18)16(12-13-22(2)3)14-8-10-15(20)11-9-14/h4-11,16H,1,12-13H2,2-3H3. The van der Waals surface area contributed by atoms with Crippen molar-refractivity contribution in [3.8, 4) is 5.88 Å². The highest BCUT2D eigenvalue weighted by Gasteiger charge is 2.17. The molecule has 0 amide bonds. The fraction of sp³-hybridized carbons (Fsp3) is 0.263. The van der Waals surface area contributed by atoms with Gasteiger partial charge in [0.25, 0.3) is 0 Å². The lowest BCUT2D eigenvalue weighted by Gasteiger charge is -2.20. The Morgan fingerprint density at radius 3 is 2.62 bits per heavy atom. The quantitative estimate of drug-likeness (QED) is 0.564. The Hall–Kier alpha value is -2.17. The molecule has 0 radical (unpaired) electrons. The molecule has 0 aliphatic rings. The van der Waals surface area contributed by atoms with E-state index in [1.54, 1.807) is 6.07 Å². The fourth-order valence-corrected chi connectivity index (χ4v) is 2.52. The van der Waals surface area contributed by atoms with Gasteiger partial charge in [0.1, 0.15) is 0 Å². The van der Waals surface area contributed by atoms with Crippen molar-refractivity contribution in [2.45, 2.75) is 12.3 Å². The maximum absolute atomic E-state index is 11.4. The molecule has 1 heterocycles. The van der Waals surface area contributed by atoms with Gasteiger partial charge in [-0.2, -0.15) is 0 Å². The van der Waals surface area contributed by atoms with Crippen LogP contribution in [0.3, 0.4) is 0 Å². The summed E-state index contributed by atoms with van der Waals surface area (Å²) in [4.78, 5) is 18.0. The van der Waals surface area contributed by atoms with Gasteiger partial charge in [0, 0.05) is 23.1 Å².